The number of halogens is 2. The lowest BCUT2D eigenvalue weighted by atomic mass is 9.80. The third-order valence-electron chi connectivity index (χ3n) is 7.19. The molecule has 1 fully saturated rings. The number of hydrogen-bond acceptors (Lipinski definition) is 4. The number of rotatable bonds is 6. The zero-order valence-corrected chi connectivity index (χ0v) is 22.4. The average molecular weight is 578 g/mol. The quantitative estimate of drug-likeness (QED) is 0.427. The summed E-state index contributed by atoms with van der Waals surface area (Å²) >= 11 is 9.52. The van der Waals surface area contributed by atoms with Gasteiger partial charge in [0.25, 0.3) is 0 Å². The van der Waals surface area contributed by atoms with E-state index in [-0.39, 0.29) is 30.8 Å². The second-order valence-corrected chi connectivity index (χ2v) is 11.1. The zero-order chi connectivity index (χ0) is 26.0. The van der Waals surface area contributed by atoms with Gasteiger partial charge < -0.3 is 26.0 Å². The Morgan fingerprint density at radius 3 is 2.58 bits per heavy atom. The van der Waals surface area contributed by atoms with Crippen LogP contribution in [0.3, 0.4) is 0 Å². The van der Waals surface area contributed by atoms with Gasteiger partial charge in [0.1, 0.15) is 0 Å². The molecule has 2 aliphatic rings. The van der Waals surface area contributed by atoms with Crippen LogP contribution in [0.15, 0.2) is 40.9 Å². The number of nitrogens with zero attached hydrogens (tertiary/aromatic N) is 2. The Balaban J connectivity index is 1.37. The van der Waals surface area contributed by atoms with Crippen LogP contribution in [0.5, 0.6) is 0 Å². The number of carbonyl (C=O) groups is 3. The summed E-state index contributed by atoms with van der Waals surface area (Å²) in [4.78, 5) is 41.8. The summed E-state index contributed by atoms with van der Waals surface area (Å²) in [6.45, 7) is 3.17. The first-order valence-electron chi connectivity index (χ1n) is 12.0. The maximum absolute atomic E-state index is 13.2. The number of anilines is 2. The van der Waals surface area contributed by atoms with E-state index in [0.717, 1.165) is 17.7 Å². The van der Waals surface area contributed by atoms with E-state index >= 15 is 0 Å². The number of carboxylic acid groups (broad SMARTS) is 1. The van der Waals surface area contributed by atoms with Crippen molar-refractivity contribution < 1.29 is 19.5 Å². The third kappa shape index (κ3) is 5.62. The Morgan fingerprint density at radius 1 is 1.22 bits per heavy atom. The first kappa shape index (κ1) is 26.3. The lowest BCUT2D eigenvalue weighted by molar-refractivity contribution is -0.153. The van der Waals surface area contributed by atoms with Crippen molar-refractivity contribution in [2.45, 2.75) is 45.1 Å². The molecule has 192 valence electrons. The molecule has 1 saturated heterocycles. The van der Waals surface area contributed by atoms with E-state index in [4.69, 9.17) is 17.3 Å². The molecule has 0 bridgehead atoms. The molecule has 0 aliphatic carbocycles. The van der Waals surface area contributed by atoms with E-state index in [1.165, 1.54) is 0 Å². The van der Waals surface area contributed by atoms with Gasteiger partial charge in [-0.3, -0.25) is 9.59 Å². The Kier molecular flexibility index (Phi) is 7.80. The number of nitrogens with two attached hydrogens (primary N) is 1. The molecular weight excluding hydrogens is 548 g/mol. The predicted octanol–water partition coefficient (Wildman–Crippen LogP) is 4.79. The van der Waals surface area contributed by atoms with E-state index in [1.807, 2.05) is 29.2 Å². The van der Waals surface area contributed by atoms with E-state index in [9.17, 15) is 19.5 Å². The molecule has 1 atom stereocenters. The Bertz CT molecular complexity index is 1160. The van der Waals surface area contributed by atoms with Crippen LogP contribution in [0.1, 0.15) is 37.3 Å². The maximum Gasteiger partial charge on any atom is 0.322 e. The molecule has 3 amide bonds. The highest BCUT2D eigenvalue weighted by atomic mass is 79.9. The summed E-state index contributed by atoms with van der Waals surface area (Å²) in [6, 6.07) is 11.1. The number of nitrogen functional groups attached to an aromatic ring is 1. The van der Waals surface area contributed by atoms with Gasteiger partial charge in [-0.05, 0) is 77.9 Å². The number of benzene rings is 2. The van der Waals surface area contributed by atoms with Crippen molar-refractivity contribution in [3.05, 3.63) is 57.0 Å². The number of fused-ring (bicyclic) bond motifs is 1. The standard InChI is InChI=1S/C26H30BrClN4O4/c1-26(24(34)35,14-16-12-19(27)23(29)20(28)13-16)15-22(33)31-9-7-18(8-10-31)32-11-6-17-4-2-3-5-21(17)30-25(32)36/h2-5,12-13,18H,6-11,14-15,29H2,1H3,(H,30,36)(H,34,35)/t26-/m0/s1. The van der Waals surface area contributed by atoms with Crippen LogP contribution in [0.4, 0.5) is 16.2 Å². The molecule has 2 aliphatic heterocycles. The summed E-state index contributed by atoms with van der Waals surface area (Å²) in [7, 11) is 0. The molecule has 36 heavy (non-hydrogen) atoms. The number of carboxylic acids is 1. The number of amides is 3. The van der Waals surface area contributed by atoms with Gasteiger partial charge in [0.2, 0.25) is 5.91 Å². The minimum absolute atomic E-state index is 0.0310. The number of urea groups is 1. The van der Waals surface area contributed by atoms with Gasteiger partial charge >= 0.3 is 12.0 Å². The van der Waals surface area contributed by atoms with Gasteiger partial charge in [0, 0.05) is 42.3 Å². The van der Waals surface area contributed by atoms with Crippen LogP contribution in [0.25, 0.3) is 0 Å². The van der Waals surface area contributed by atoms with Gasteiger partial charge in [0.15, 0.2) is 0 Å². The fraction of sp³-hybridized carbons (Fsp3) is 0.423. The number of likely N-dealkylation sites (tertiary alicyclic amines) is 1. The molecule has 2 heterocycles. The van der Waals surface area contributed by atoms with Crippen molar-refractivity contribution in [2.24, 2.45) is 5.41 Å². The van der Waals surface area contributed by atoms with E-state index in [0.29, 0.717) is 53.2 Å². The summed E-state index contributed by atoms with van der Waals surface area (Å²) in [6.07, 6.45) is 2.08. The first-order chi connectivity index (χ1) is 17.1. The van der Waals surface area contributed by atoms with Crippen molar-refractivity contribution in [1.82, 2.24) is 9.80 Å². The Hall–Kier alpha value is -2.78. The second kappa shape index (κ2) is 10.7. The molecule has 0 unspecified atom stereocenters. The van der Waals surface area contributed by atoms with Crippen molar-refractivity contribution in [3.63, 3.8) is 0 Å². The second-order valence-electron chi connectivity index (χ2n) is 9.84. The summed E-state index contributed by atoms with van der Waals surface area (Å²) < 4.78 is 0.590. The fourth-order valence-corrected chi connectivity index (χ4v) is 5.88. The predicted molar refractivity (Wildman–Crippen MR) is 143 cm³/mol. The number of carbonyl (C=O) groups excluding carboxylic acids is 2. The molecule has 8 nitrogen and oxygen atoms in total. The molecule has 2 aromatic rings. The van der Waals surface area contributed by atoms with E-state index < -0.39 is 11.4 Å². The fourth-order valence-electron chi connectivity index (χ4n) is 5.01. The Morgan fingerprint density at radius 2 is 1.92 bits per heavy atom. The molecule has 10 heteroatoms. The smallest absolute Gasteiger partial charge is 0.322 e. The summed E-state index contributed by atoms with van der Waals surface area (Å²) in [5.74, 6) is -1.25. The highest BCUT2D eigenvalue weighted by molar-refractivity contribution is 9.10. The Labute approximate surface area is 223 Å². The maximum atomic E-state index is 13.2. The minimum Gasteiger partial charge on any atom is -0.481 e. The van der Waals surface area contributed by atoms with Crippen LogP contribution < -0.4 is 11.1 Å². The third-order valence-corrected chi connectivity index (χ3v) is 8.16. The monoisotopic (exact) mass is 576 g/mol. The van der Waals surface area contributed by atoms with E-state index in [1.54, 1.807) is 24.0 Å². The van der Waals surface area contributed by atoms with Crippen LogP contribution in [-0.2, 0) is 22.4 Å². The van der Waals surface area contributed by atoms with Gasteiger partial charge in [-0.25, -0.2) is 4.79 Å². The number of aliphatic carboxylic acids is 1. The lowest BCUT2D eigenvalue weighted by Crippen LogP contribution is -2.50. The normalized spacial score (nSPS) is 18.1. The molecule has 4 N–H and O–H groups in total. The zero-order valence-electron chi connectivity index (χ0n) is 20.1. The lowest BCUT2D eigenvalue weighted by Gasteiger charge is -2.39. The number of hydrogen-bond donors (Lipinski definition) is 3. The molecule has 0 spiro atoms. The molecule has 0 aromatic heterocycles. The van der Waals surface area contributed by atoms with Gasteiger partial charge in [0.05, 0.1) is 16.1 Å². The minimum atomic E-state index is -1.30. The SMILES string of the molecule is C[C@@](CC(=O)N1CCC(N2CCc3ccccc3NC2=O)CC1)(Cc1cc(Cl)c(N)c(Br)c1)C(=O)O. The molecule has 4 rings (SSSR count). The number of piperidine rings is 1. The van der Waals surface area contributed by atoms with Gasteiger partial charge in [-0.1, -0.05) is 29.8 Å². The molecule has 0 radical (unpaired) electrons. The largest absolute Gasteiger partial charge is 0.481 e. The van der Waals surface area contributed by atoms with Crippen LogP contribution in [0.2, 0.25) is 5.02 Å². The highest BCUT2D eigenvalue weighted by Gasteiger charge is 2.39. The average Bonchev–Trinajstić information content (AvgIpc) is 3.00. The summed E-state index contributed by atoms with van der Waals surface area (Å²) in [5.41, 5.74) is 7.61. The van der Waals surface area contributed by atoms with Crippen LogP contribution >= 0.6 is 27.5 Å². The molecular formula is C26H30BrClN4O4. The molecule has 0 saturated carbocycles. The topological polar surface area (TPSA) is 116 Å². The van der Waals surface area contributed by atoms with Crippen molar-refractivity contribution in [2.75, 3.05) is 30.7 Å². The van der Waals surface area contributed by atoms with Crippen molar-refractivity contribution >= 4 is 56.8 Å². The highest BCUT2D eigenvalue weighted by Crippen LogP contribution is 2.35. The van der Waals surface area contributed by atoms with Gasteiger partial charge in [-0.2, -0.15) is 0 Å². The van der Waals surface area contributed by atoms with Gasteiger partial charge in [-0.15, -0.1) is 0 Å². The van der Waals surface area contributed by atoms with Crippen LogP contribution in [0, 0.1) is 5.41 Å². The number of para-hydroxylation sites is 1. The van der Waals surface area contributed by atoms with E-state index in [2.05, 4.69) is 21.2 Å². The van der Waals surface area contributed by atoms with Crippen LogP contribution in [-0.4, -0.2) is 58.5 Å². The van der Waals surface area contributed by atoms with Crippen molar-refractivity contribution in [1.29, 1.82) is 0 Å². The van der Waals surface area contributed by atoms with Crippen molar-refractivity contribution in [3.8, 4) is 0 Å². The molecule has 2 aromatic carbocycles. The number of nitrogens with one attached hydrogen (secondary N) is 1. The first-order valence-corrected chi connectivity index (χ1v) is 13.1. The summed E-state index contributed by atoms with van der Waals surface area (Å²) in [5, 5.41) is 13.3.